The molecule has 4 nitrogen and oxygen atoms in total. The third-order valence-electron chi connectivity index (χ3n) is 2.53. The molecule has 1 rings (SSSR count). The Labute approximate surface area is 109 Å². The van der Waals surface area contributed by atoms with Crippen molar-refractivity contribution in [2.24, 2.45) is 0 Å². The SMILES string of the molecule is COC(=O)CCC(=O)NCc1ccc(F)c(CF)c1. The molecule has 0 saturated carbocycles. The van der Waals surface area contributed by atoms with Crippen molar-refractivity contribution in [2.75, 3.05) is 7.11 Å². The number of hydrogen-bond donors (Lipinski definition) is 1. The first-order valence-electron chi connectivity index (χ1n) is 5.73. The van der Waals surface area contributed by atoms with Crippen LogP contribution in [-0.4, -0.2) is 19.0 Å². The molecule has 0 aliphatic heterocycles. The maximum absolute atomic E-state index is 13.0. The molecule has 0 unspecified atom stereocenters. The van der Waals surface area contributed by atoms with Gasteiger partial charge in [0.15, 0.2) is 0 Å². The van der Waals surface area contributed by atoms with E-state index in [-0.39, 0.29) is 30.9 Å². The minimum atomic E-state index is -0.893. The molecule has 0 fully saturated rings. The van der Waals surface area contributed by atoms with Gasteiger partial charge in [-0.15, -0.1) is 0 Å². The Balaban J connectivity index is 2.44. The lowest BCUT2D eigenvalue weighted by Crippen LogP contribution is -2.23. The van der Waals surface area contributed by atoms with Gasteiger partial charge in [-0.3, -0.25) is 9.59 Å². The summed E-state index contributed by atoms with van der Waals surface area (Å²) in [5, 5.41) is 2.56. The molecule has 0 aromatic heterocycles. The molecule has 0 aliphatic carbocycles. The van der Waals surface area contributed by atoms with Crippen LogP contribution in [0.1, 0.15) is 24.0 Å². The van der Waals surface area contributed by atoms with Gasteiger partial charge in [-0.2, -0.15) is 0 Å². The van der Waals surface area contributed by atoms with Gasteiger partial charge >= 0.3 is 5.97 Å². The van der Waals surface area contributed by atoms with Gasteiger partial charge in [0.2, 0.25) is 5.91 Å². The first kappa shape index (κ1) is 15.1. The number of carbonyl (C=O) groups is 2. The van der Waals surface area contributed by atoms with Gasteiger partial charge in [0.25, 0.3) is 0 Å². The number of hydrogen-bond acceptors (Lipinski definition) is 3. The van der Waals surface area contributed by atoms with E-state index >= 15 is 0 Å². The van der Waals surface area contributed by atoms with Gasteiger partial charge in [0.05, 0.1) is 13.5 Å². The molecular formula is C13H15F2NO3. The van der Waals surface area contributed by atoms with Crippen molar-refractivity contribution in [1.29, 1.82) is 0 Å². The van der Waals surface area contributed by atoms with E-state index in [1.807, 2.05) is 0 Å². The molecule has 19 heavy (non-hydrogen) atoms. The molecule has 0 radical (unpaired) electrons. The van der Waals surface area contributed by atoms with Gasteiger partial charge in [0, 0.05) is 18.5 Å². The van der Waals surface area contributed by atoms with Crippen molar-refractivity contribution >= 4 is 11.9 Å². The summed E-state index contributed by atoms with van der Waals surface area (Å²) in [4.78, 5) is 22.2. The lowest BCUT2D eigenvalue weighted by atomic mass is 10.1. The van der Waals surface area contributed by atoms with Crippen LogP contribution in [0, 0.1) is 5.82 Å². The zero-order valence-electron chi connectivity index (χ0n) is 10.5. The highest BCUT2D eigenvalue weighted by molar-refractivity contribution is 5.81. The van der Waals surface area contributed by atoms with Crippen molar-refractivity contribution in [3.63, 3.8) is 0 Å². The molecule has 0 saturated heterocycles. The van der Waals surface area contributed by atoms with Crippen LogP contribution >= 0.6 is 0 Å². The molecule has 0 aliphatic rings. The highest BCUT2D eigenvalue weighted by Crippen LogP contribution is 2.11. The second-order valence-electron chi connectivity index (χ2n) is 3.91. The standard InChI is InChI=1S/C13H15F2NO3/c1-19-13(18)5-4-12(17)16-8-9-2-3-11(15)10(6-9)7-14/h2-3,6H,4-5,7-8H2,1H3,(H,16,17). The summed E-state index contributed by atoms with van der Waals surface area (Å²) in [6, 6.07) is 3.98. The minimum absolute atomic E-state index is 0.00147. The Hall–Kier alpha value is -1.98. The van der Waals surface area contributed by atoms with E-state index in [9.17, 15) is 18.4 Å². The average molecular weight is 271 g/mol. The molecule has 104 valence electrons. The van der Waals surface area contributed by atoms with Crippen LogP contribution in [-0.2, 0) is 27.5 Å². The minimum Gasteiger partial charge on any atom is -0.469 e. The second kappa shape index (κ2) is 7.45. The van der Waals surface area contributed by atoms with E-state index in [0.717, 1.165) is 6.07 Å². The molecule has 1 aromatic rings. The zero-order valence-corrected chi connectivity index (χ0v) is 10.5. The number of halogens is 2. The smallest absolute Gasteiger partial charge is 0.306 e. The lowest BCUT2D eigenvalue weighted by molar-refractivity contribution is -0.142. The number of carbonyl (C=O) groups excluding carboxylic acids is 2. The molecule has 1 N–H and O–H groups in total. The van der Waals surface area contributed by atoms with Crippen molar-refractivity contribution in [3.05, 3.63) is 35.1 Å². The predicted molar refractivity (Wildman–Crippen MR) is 64.3 cm³/mol. The quantitative estimate of drug-likeness (QED) is 0.803. The molecule has 1 amide bonds. The van der Waals surface area contributed by atoms with Crippen molar-refractivity contribution < 1.29 is 23.1 Å². The highest BCUT2D eigenvalue weighted by Gasteiger charge is 2.07. The average Bonchev–Trinajstić information content (AvgIpc) is 2.43. The van der Waals surface area contributed by atoms with Crippen LogP contribution in [0.5, 0.6) is 0 Å². The summed E-state index contributed by atoms with van der Waals surface area (Å²) >= 11 is 0. The number of rotatable bonds is 6. The van der Waals surface area contributed by atoms with Gasteiger partial charge in [-0.25, -0.2) is 8.78 Å². The molecule has 0 bridgehead atoms. The largest absolute Gasteiger partial charge is 0.469 e. The molecule has 0 atom stereocenters. The second-order valence-corrected chi connectivity index (χ2v) is 3.91. The van der Waals surface area contributed by atoms with Crippen molar-refractivity contribution in [3.8, 4) is 0 Å². The third kappa shape index (κ3) is 5.03. The molecular weight excluding hydrogens is 256 g/mol. The first-order chi connectivity index (χ1) is 9.06. The normalized spacial score (nSPS) is 10.1. The van der Waals surface area contributed by atoms with E-state index < -0.39 is 18.5 Å². The summed E-state index contributed by atoms with van der Waals surface area (Å²) in [7, 11) is 1.25. The van der Waals surface area contributed by atoms with Crippen LogP contribution in [0.25, 0.3) is 0 Å². The third-order valence-corrected chi connectivity index (χ3v) is 2.53. The molecule has 1 aromatic carbocycles. The van der Waals surface area contributed by atoms with Crippen LogP contribution in [0.2, 0.25) is 0 Å². The van der Waals surface area contributed by atoms with E-state index in [1.165, 1.54) is 19.2 Å². The number of amides is 1. The number of benzene rings is 1. The maximum atomic E-state index is 13.0. The van der Waals surface area contributed by atoms with Crippen LogP contribution < -0.4 is 5.32 Å². The number of esters is 1. The summed E-state index contributed by atoms with van der Waals surface area (Å²) < 4.78 is 29.9. The highest BCUT2D eigenvalue weighted by atomic mass is 19.1. The molecule has 0 heterocycles. The van der Waals surface area contributed by atoms with Gasteiger partial charge in [-0.1, -0.05) is 6.07 Å². The van der Waals surface area contributed by atoms with Crippen molar-refractivity contribution in [2.45, 2.75) is 26.1 Å². The molecule has 0 spiro atoms. The molecule has 6 heteroatoms. The maximum Gasteiger partial charge on any atom is 0.306 e. The number of ether oxygens (including phenoxy) is 1. The van der Waals surface area contributed by atoms with Gasteiger partial charge in [0.1, 0.15) is 12.5 Å². The Bertz CT molecular complexity index is 463. The number of methoxy groups -OCH3 is 1. The van der Waals surface area contributed by atoms with E-state index in [2.05, 4.69) is 10.1 Å². The summed E-state index contributed by atoms with van der Waals surface area (Å²) in [6.07, 6.45) is 0.0192. The monoisotopic (exact) mass is 271 g/mol. The fourth-order valence-electron chi connectivity index (χ4n) is 1.45. The lowest BCUT2D eigenvalue weighted by Gasteiger charge is -2.06. The van der Waals surface area contributed by atoms with Gasteiger partial charge in [-0.05, 0) is 17.7 Å². The predicted octanol–water partition coefficient (Wildman–Crippen LogP) is 1.86. The summed E-state index contributed by atoms with van der Waals surface area (Å²) in [5.41, 5.74) is 0.557. The number of alkyl halides is 1. The van der Waals surface area contributed by atoms with Crippen LogP contribution in [0.4, 0.5) is 8.78 Å². The van der Waals surface area contributed by atoms with Crippen LogP contribution in [0.15, 0.2) is 18.2 Å². The fourth-order valence-corrected chi connectivity index (χ4v) is 1.45. The Morgan fingerprint density at radius 1 is 1.32 bits per heavy atom. The van der Waals surface area contributed by atoms with Gasteiger partial charge < -0.3 is 10.1 Å². The Morgan fingerprint density at radius 2 is 2.05 bits per heavy atom. The van der Waals surface area contributed by atoms with E-state index in [1.54, 1.807) is 0 Å². The van der Waals surface area contributed by atoms with E-state index in [0.29, 0.717) is 5.56 Å². The van der Waals surface area contributed by atoms with E-state index in [4.69, 9.17) is 0 Å². The number of nitrogens with one attached hydrogen (secondary N) is 1. The van der Waals surface area contributed by atoms with Crippen LogP contribution in [0.3, 0.4) is 0 Å². The fraction of sp³-hybridized carbons (Fsp3) is 0.385. The first-order valence-corrected chi connectivity index (χ1v) is 5.73. The summed E-state index contributed by atoms with van der Waals surface area (Å²) in [5.74, 6) is -1.39. The summed E-state index contributed by atoms with van der Waals surface area (Å²) in [6.45, 7) is -0.733. The topological polar surface area (TPSA) is 55.4 Å². The zero-order chi connectivity index (χ0) is 14.3. The Kier molecular flexibility index (Phi) is 5.92. The van der Waals surface area contributed by atoms with Crippen molar-refractivity contribution in [1.82, 2.24) is 5.32 Å². The Morgan fingerprint density at radius 3 is 2.68 bits per heavy atom.